The minimum atomic E-state index is 0.235. The van der Waals surface area contributed by atoms with Gasteiger partial charge in [0.2, 0.25) is 0 Å². The molecule has 1 fully saturated rings. The van der Waals surface area contributed by atoms with Gasteiger partial charge in [0, 0.05) is 24.7 Å². The van der Waals surface area contributed by atoms with Crippen LogP contribution in [0.1, 0.15) is 41.0 Å². The van der Waals surface area contributed by atoms with Crippen molar-refractivity contribution in [2.24, 2.45) is 5.92 Å². The van der Waals surface area contributed by atoms with Gasteiger partial charge >= 0.3 is 0 Å². The molecule has 1 rings (SSSR count). The average molecular weight is 255 g/mol. The summed E-state index contributed by atoms with van der Waals surface area (Å²) in [6, 6.07) is 0.689. The van der Waals surface area contributed by atoms with E-state index in [1.165, 1.54) is 32.6 Å². The first kappa shape index (κ1) is 15.9. The summed E-state index contributed by atoms with van der Waals surface area (Å²) in [6.07, 6.45) is 1.31. The number of rotatable bonds is 4. The molecule has 0 radical (unpaired) electrons. The molecule has 1 aliphatic heterocycles. The minimum Gasteiger partial charge on any atom is -0.312 e. The second-order valence-electron chi connectivity index (χ2n) is 7.20. The van der Waals surface area contributed by atoms with E-state index in [2.05, 4.69) is 56.8 Å². The zero-order valence-electron chi connectivity index (χ0n) is 13.3. The Balaban J connectivity index is 2.35. The quantitative estimate of drug-likeness (QED) is 0.829. The molecule has 18 heavy (non-hydrogen) atoms. The van der Waals surface area contributed by atoms with Gasteiger partial charge in [-0.1, -0.05) is 6.92 Å². The lowest BCUT2D eigenvalue weighted by molar-refractivity contribution is 0.174. The predicted octanol–water partition coefficient (Wildman–Crippen LogP) is 2.04. The van der Waals surface area contributed by atoms with E-state index in [9.17, 15) is 0 Å². The van der Waals surface area contributed by atoms with Gasteiger partial charge in [0.15, 0.2) is 0 Å². The summed E-state index contributed by atoms with van der Waals surface area (Å²) in [7, 11) is 2.24. The normalized spacial score (nSPS) is 26.0. The predicted molar refractivity (Wildman–Crippen MR) is 80.1 cm³/mol. The second kappa shape index (κ2) is 6.88. The molecule has 0 saturated carbocycles. The Hall–Kier alpha value is -0.120. The lowest BCUT2D eigenvalue weighted by atomic mass is 10.1. The molecule has 0 aromatic heterocycles. The van der Waals surface area contributed by atoms with Crippen LogP contribution < -0.4 is 5.32 Å². The van der Waals surface area contributed by atoms with Crippen molar-refractivity contribution >= 4 is 0 Å². The van der Waals surface area contributed by atoms with Crippen molar-refractivity contribution in [1.29, 1.82) is 0 Å². The molecule has 3 heteroatoms. The number of hydrogen-bond donors (Lipinski definition) is 1. The maximum Gasteiger partial charge on any atom is 0.0194 e. The van der Waals surface area contributed by atoms with Crippen LogP contribution in [0.25, 0.3) is 0 Å². The van der Waals surface area contributed by atoms with Crippen molar-refractivity contribution in [3.63, 3.8) is 0 Å². The van der Waals surface area contributed by atoms with E-state index >= 15 is 0 Å². The highest BCUT2D eigenvalue weighted by Crippen LogP contribution is 2.11. The van der Waals surface area contributed by atoms with E-state index in [0.29, 0.717) is 6.04 Å². The van der Waals surface area contributed by atoms with Gasteiger partial charge in [0.25, 0.3) is 0 Å². The van der Waals surface area contributed by atoms with Gasteiger partial charge in [-0.3, -0.25) is 4.90 Å². The Morgan fingerprint density at radius 3 is 2.56 bits per heavy atom. The van der Waals surface area contributed by atoms with E-state index in [1.54, 1.807) is 0 Å². The standard InChI is InChI=1S/C15H33N3/c1-13(10-16-15(3,4)5)11-18-9-7-8-17(6)12-14(18)2/h13-14,16H,7-12H2,1-6H3. The Kier molecular flexibility index (Phi) is 6.09. The molecule has 0 aromatic rings. The van der Waals surface area contributed by atoms with Crippen LogP contribution in [0, 0.1) is 5.92 Å². The summed E-state index contributed by atoms with van der Waals surface area (Å²) >= 11 is 0. The third-order valence-electron chi connectivity index (χ3n) is 3.71. The highest BCUT2D eigenvalue weighted by atomic mass is 15.2. The Morgan fingerprint density at radius 2 is 1.94 bits per heavy atom. The minimum absolute atomic E-state index is 0.235. The summed E-state index contributed by atoms with van der Waals surface area (Å²) < 4.78 is 0. The summed E-state index contributed by atoms with van der Waals surface area (Å²) in [5.74, 6) is 0.718. The van der Waals surface area contributed by atoms with Crippen LogP contribution >= 0.6 is 0 Å². The van der Waals surface area contributed by atoms with Crippen LogP contribution in [0.2, 0.25) is 0 Å². The van der Waals surface area contributed by atoms with Crippen molar-refractivity contribution in [2.75, 3.05) is 39.8 Å². The zero-order chi connectivity index (χ0) is 13.8. The largest absolute Gasteiger partial charge is 0.312 e. The first-order valence-corrected chi connectivity index (χ1v) is 7.45. The van der Waals surface area contributed by atoms with Crippen LogP contribution in [0.15, 0.2) is 0 Å². The average Bonchev–Trinajstić information content (AvgIpc) is 2.37. The maximum absolute atomic E-state index is 3.61. The summed E-state index contributed by atoms with van der Waals surface area (Å²) in [6.45, 7) is 17.5. The van der Waals surface area contributed by atoms with E-state index in [4.69, 9.17) is 0 Å². The van der Waals surface area contributed by atoms with Gasteiger partial charge < -0.3 is 10.2 Å². The Morgan fingerprint density at radius 1 is 1.28 bits per heavy atom. The van der Waals surface area contributed by atoms with E-state index < -0.39 is 0 Å². The lowest BCUT2D eigenvalue weighted by Crippen LogP contribution is -2.44. The fourth-order valence-electron chi connectivity index (χ4n) is 2.64. The Labute approximate surface area is 114 Å². The zero-order valence-corrected chi connectivity index (χ0v) is 13.3. The van der Waals surface area contributed by atoms with Gasteiger partial charge in [0.05, 0.1) is 0 Å². The molecule has 1 N–H and O–H groups in total. The van der Waals surface area contributed by atoms with Crippen LogP contribution in [0.3, 0.4) is 0 Å². The van der Waals surface area contributed by atoms with Gasteiger partial charge in [0.1, 0.15) is 0 Å². The van der Waals surface area contributed by atoms with Crippen molar-refractivity contribution in [1.82, 2.24) is 15.1 Å². The molecule has 1 saturated heterocycles. The van der Waals surface area contributed by atoms with Crippen LogP contribution in [-0.2, 0) is 0 Å². The molecule has 1 heterocycles. The summed E-state index contributed by atoms with van der Waals surface area (Å²) in [4.78, 5) is 5.13. The molecular weight excluding hydrogens is 222 g/mol. The molecule has 0 aliphatic carbocycles. The van der Waals surface area contributed by atoms with Crippen molar-refractivity contribution in [3.8, 4) is 0 Å². The third-order valence-corrected chi connectivity index (χ3v) is 3.71. The summed E-state index contributed by atoms with van der Waals surface area (Å²) in [5, 5.41) is 3.61. The molecule has 108 valence electrons. The molecule has 0 amide bonds. The van der Waals surface area contributed by atoms with Crippen molar-refractivity contribution in [3.05, 3.63) is 0 Å². The number of hydrogen-bond acceptors (Lipinski definition) is 3. The molecule has 0 spiro atoms. The van der Waals surface area contributed by atoms with E-state index in [1.807, 2.05) is 0 Å². The third kappa shape index (κ3) is 6.17. The molecule has 0 aromatic carbocycles. The monoisotopic (exact) mass is 255 g/mol. The van der Waals surface area contributed by atoms with Gasteiger partial charge in [-0.05, 0) is 66.7 Å². The maximum atomic E-state index is 3.61. The molecule has 3 nitrogen and oxygen atoms in total. The van der Waals surface area contributed by atoms with Crippen molar-refractivity contribution < 1.29 is 0 Å². The summed E-state index contributed by atoms with van der Waals surface area (Å²) in [5.41, 5.74) is 0.235. The van der Waals surface area contributed by atoms with E-state index in [0.717, 1.165) is 12.5 Å². The second-order valence-corrected chi connectivity index (χ2v) is 7.20. The first-order valence-electron chi connectivity index (χ1n) is 7.45. The van der Waals surface area contributed by atoms with Crippen LogP contribution in [0.5, 0.6) is 0 Å². The van der Waals surface area contributed by atoms with Crippen LogP contribution in [-0.4, -0.2) is 61.2 Å². The first-order chi connectivity index (χ1) is 8.28. The molecular formula is C15H33N3. The lowest BCUT2D eigenvalue weighted by Gasteiger charge is -2.31. The fourth-order valence-corrected chi connectivity index (χ4v) is 2.64. The number of likely N-dealkylation sites (N-methyl/N-ethyl adjacent to an activating group) is 1. The SMILES string of the molecule is CC(CNC(C)(C)C)CN1CCCN(C)CC1C. The number of nitrogens with zero attached hydrogens (tertiary/aromatic N) is 2. The van der Waals surface area contributed by atoms with Crippen LogP contribution in [0.4, 0.5) is 0 Å². The smallest absolute Gasteiger partial charge is 0.0194 e. The highest BCUT2D eigenvalue weighted by Gasteiger charge is 2.21. The molecule has 2 atom stereocenters. The molecule has 2 unspecified atom stereocenters. The number of nitrogens with one attached hydrogen (secondary N) is 1. The molecule has 0 bridgehead atoms. The van der Waals surface area contributed by atoms with E-state index in [-0.39, 0.29) is 5.54 Å². The Bertz CT molecular complexity index is 234. The molecule has 1 aliphatic rings. The topological polar surface area (TPSA) is 18.5 Å². The van der Waals surface area contributed by atoms with Gasteiger partial charge in [-0.15, -0.1) is 0 Å². The fraction of sp³-hybridized carbons (Fsp3) is 1.00. The van der Waals surface area contributed by atoms with Crippen molar-refractivity contribution in [2.45, 2.75) is 52.6 Å². The highest BCUT2D eigenvalue weighted by molar-refractivity contribution is 4.78. The van der Waals surface area contributed by atoms with Gasteiger partial charge in [-0.25, -0.2) is 0 Å². The van der Waals surface area contributed by atoms with Gasteiger partial charge in [-0.2, -0.15) is 0 Å².